The van der Waals surface area contributed by atoms with E-state index >= 15 is 0 Å². The van der Waals surface area contributed by atoms with Gasteiger partial charge in [-0.25, -0.2) is 12.8 Å². The van der Waals surface area contributed by atoms with Crippen molar-refractivity contribution < 1.29 is 22.3 Å². The van der Waals surface area contributed by atoms with Crippen LogP contribution in [0.4, 0.5) is 4.39 Å². The minimum atomic E-state index is -3.72. The molecule has 3 aliphatic heterocycles. The van der Waals surface area contributed by atoms with Crippen molar-refractivity contribution in [1.82, 2.24) is 14.1 Å². The van der Waals surface area contributed by atoms with Crippen LogP contribution in [0.25, 0.3) is 0 Å². The molecule has 0 N–H and O–H groups in total. The Labute approximate surface area is 165 Å². The van der Waals surface area contributed by atoms with Gasteiger partial charge in [0.25, 0.3) is 0 Å². The molecule has 4 rings (SSSR count). The second-order valence-electron chi connectivity index (χ2n) is 7.82. The van der Waals surface area contributed by atoms with Gasteiger partial charge in [0.1, 0.15) is 5.82 Å². The summed E-state index contributed by atoms with van der Waals surface area (Å²) in [6.07, 6.45) is 1.23. The molecule has 0 aromatic heterocycles. The lowest BCUT2D eigenvalue weighted by molar-refractivity contribution is -0.135. The minimum Gasteiger partial charge on any atom is -0.379 e. The van der Waals surface area contributed by atoms with Crippen molar-refractivity contribution in [3.8, 4) is 0 Å². The SMILES string of the molecule is O=C1N(CCN2CCOCC2)CCC12CCN(S(=O)(=O)c1ccc(F)cc1)C2. The highest BCUT2D eigenvalue weighted by Gasteiger charge is 2.52. The van der Waals surface area contributed by atoms with E-state index in [-0.39, 0.29) is 17.3 Å². The lowest BCUT2D eigenvalue weighted by Gasteiger charge is -2.29. The Kier molecular flexibility index (Phi) is 5.43. The van der Waals surface area contributed by atoms with E-state index in [0.29, 0.717) is 32.5 Å². The molecule has 1 aromatic carbocycles. The quantitative estimate of drug-likeness (QED) is 0.716. The highest BCUT2D eigenvalue weighted by atomic mass is 32.2. The second kappa shape index (κ2) is 7.70. The van der Waals surface area contributed by atoms with E-state index in [1.54, 1.807) is 0 Å². The van der Waals surface area contributed by atoms with E-state index < -0.39 is 21.3 Å². The maximum absolute atomic E-state index is 13.1. The first-order valence-electron chi connectivity index (χ1n) is 9.76. The van der Waals surface area contributed by atoms with Crippen LogP contribution in [-0.2, 0) is 19.6 Å². The maximum Gasteiger partial charge on any atom is 0.243 e. The average Bonchev–Trinajstić information content (AvgIpc) is 3.27. The fourth-order valence-corrected chi connectivity index (χ4v) is 5.89. The molecule has 1 aromatic rings. The predicted molar refractivity (Wildman–Crippen MR) is 101 cm³/mol. The van der Waals surface area contributed by atoms with Crippen LogP contribution >= 0.6 is 0 Å². The van der Waals surface area contributed by atoms with Crippen LogP contribution in [0.5, 0.6) is 0 Å². The molecule has 154 valence electrons. The first kappa shape index (κ1) is 19.8. The fourth-order valence-electron chi connectivity index (χ4n) is 4.37. The van der Waals surface area contributed by atoms with Gasteiger partial charge in [-0.2, -0.15) is 4.31 Å². The number of amides is 1. The molecule has 9 heteroatoms. The summed E-state index contributed by atoms with van der Waals surface area (Å²) in [5.41, 5.74) is -0.613. The average molecular weight is 411 g/mol. The number of rotatable bonds is 5. The van der Waals surface area contributed by atoms with Gasteiger partial charge < -0.3 is 9.64 Å². The molecule has 3 fully saturated rings. The van der Waals surface area contributed by atoms with Gasteiger partial charge in [-0.1, -0.05) is 0 Å². The number of halogens is 1. The monoisotopic (exact) mass is 411 g/mol. The Morgan fingerprint density at radius 2 is 1.68 bits per heavy atom. The van der Waals surface area contributed by atoms with Crippen molar-refractivity contribution in [3.05, 3.63) is 30.1 Å². The maximum atomic E-state index is 13.1. The number of sulfonamides is 1. The van der Waals surface area contributed by atoms with Gasteiger partial charge >= 0.3 is 0 Å². The van der Waals surface area contributed by atoms with Gasteiger partial charge in [0.05, 0.1) is 23.5 Å². The van der Waals surface area contributed by atoms with E-state index in [4.69, 9.17) is 4.74 Å². The van der Waals surface area contributed by atoms with Gasteiger partial charge in [-0.05, 0) is 37.1 Å². The normalized spacial score (nSPS) is 27.2. The number of morpholine rings is 1. The number of benzene rings is 1. The van der Waals surface area contributed by atoms with Crippen molar-refractivity contribution in [2.45, 2.75) is 17.7 Å². The van der Waals surface area contributed by atoms with Crippen molar-refractivity contribution in [2.75, 3.05) is 59.0 Å². The molecule has 0 bridgehead atoms. The van der Waals surface area contributed by atoms with Crippen LogP contribution in [0.1, 0.15) is 12.8 Å². The lowest BCUT2D eigenvalue weighted by atomic mass is 9.86. The summed E-state index contributed by atoms with van der Waals surface area (Å²) in [4.78, 5) is 17.3. The molecule has 0 saturated carbocycles. The molecule has 3 heterocycles. The molecule has 1 amide bonds. The van der Waals surface area contributed by atoms with Crippen LogP contribution in [-0.4, -0.2) is 87.5 Å². The fraction of sp³-hybridized carbons (Fsp3) is 0.632. The van der Waals surface area contributed by atoms with E-state index in [0.717, 1.165) is 45.0 Å². The first-order chi connectivity index (χ1) is 13.4. The Hall–Kier alpha value is -1.55. The van der Waals surface area contributed by atoms with Crippen LogP contribution in [0, 0.1) is 11.2 Å². The Morgan fingerprint density at radius 1 is 1.00 bits per heavy atom. The van der Waals surface area contributed by atoms with Crippen LogP contribution in [0.3, 0.4) is 0 Å². The van der Waals surface area contributed by atoms with Crippen molar-refractivity contribution in [1.29, 1.82) is 0 Å². The number of hydrogen-bond donors (Lipinski definition) is 0. The Bertz CT molecular complexity index is 826. The largest absolute Gasteiger partial charge is 0.379 e. The standard InChI is InChI=1S/C19H26FN3O4S/c20-16-1-3-17(4-2-16)28(25,26)23-8-6-19(15-23)5-7-22(18(19)24)10-9-21-11-13-27-14-12-21/h1-4H,5-15H2. The van der Waals surface area contributed by atoms with Crippen LogP contribution < -0.4 is 0 Å². The summed E-state index contributed by atoms with van der Waals surface area (Å²) in [7, 11) is -3.72. The van der Waals surface area contributed by atoms with Crippen LogP contribution in [0.2, 0.25) is 0 Å². The van der Waals surface area contributed by atoms with E-state index in [2.05, 4.69) is 4.90 Å². The van der Waals surface area contributed by atoms with Crippen LogP contribution in [0.15, 0.2) is 29.2 Å². The lowest BCUT2D eigenvalue weighted by Crippen LogP contribution is -2.43. The number of carbonyl (C=O) groups is 1. The first-order valence-corrected chi connectivity index (χ1v) is 11.2. The minimum absolute atomic E-state index is 0.0672. The van der Waals surface area contributed by atoms with Gasteiger partial charge in [-0.3, -0.25) is 9.69 Å². The number of nitrogens with zero attached hydrogens (tertiary/aromatic N) is 3. The molecule has 0 aliphatic carbocycles. The van der Waals surface area contributed by atoms with Gasteiger partial charge in [-0.15, -0.1) is 0 Å². The highest BCUT2D eigenvalue weighted by Crippen LogP contribution is 2.42. The molecule has 7 nitrogen and oxygen atoms in total. The summed E-state index contributed by atoms with van der Waals surface area (Å²) in [5, 5.41) is 0. The molecule has 0 radical (unpaired) electrons. The van der Waals surface area contributed by atoms with Gasteiger partial charge in [0.15, 0.2) is 0 Å². The topological polar surface area (TPSA) is 70.2 Å². The van der Waals surface area contributed by atoms with Gasteiger partial charge in [0.2, 0.25) is 15.9 Å². The predicted octanol–water partition coefficient (Wildman–Crippen LogP) is 0.771. The van der Waals surface area contributed by atoms with Crippen molar-refractivity contribution >= 4 is 15.9 Å². The Morgan fingerprint density at radius 3 is 2.39 bits per heavy atom. The molecule has 1 spiro atoms. The van der Waals surface area contributed by atoms with E-state index in [1.807, 2.05) is 4.90 Å². The van der Waals surface area contributed by atoms with E-state index in [9.17, 15) is 17.6 Å². The third kappa shape index (κ3) is 3.68. The molecule has 3 saturated heterocycles. The zero-order chi connectivity index (χ0) is 19.8. The van der Waals surface area contributed by atoms with Crippen molar-refractivity contribution in [3.63, 3.8) is 0 Å². The van der Waals surface area contributed by atoms with Gasteiger partial charge in [0, 0.05) is 45.8 Å². The molecular weight excluding hydrogens is 385 g/mol. The molecule has 28 heavy (non-hydrogen) atoms. The second-order valence-corrected chi connectivity index (χ2v) is 9.76. The summed E-state index contributed by atoms with van der Waals surface area (Å²) in [6, 6.07) is 4.85. The summed E-state index contributed by atoms with van der Waals surface area (Å²) in [6.45, 7) is 5.93. The zero-order valence-electron chi connectivity index (χ0n) is 15.8. The number of likely N-dealkylation sites (tertiary alicyclic amines) is 1. The molecule has 1 atom stereocenters. The number of ether oxygens (including phenoxy) is 1. The summed E-state index contributed by atoms with van der Waals surface area (Å²) < 4.78 is 45.6. The number of hydrogen-bond acceptors (Lipinski definition) is 5. The summed E-state index contributed by atoms with van der Waals surface area (Å²) in [5.74, 6) is -0.406. The van der Waals surface area contributed by atoms with Crippen molar-refractivity contribution in [2.24, 2.45) is 5.41 Å². The third-order valence-corrected chi connectivity index (χ3v) is 8.02. The highest BCUT2D eigenvalue weighted by molar-refractivity contribution is 7.89. The Balaban J connectivity index is 1.40. The third-order valence-electron chi connectivity index (χ3n) is 6.16. The number of carbonyl (C=O) groups excluding carboxylic acids is 1. The zero-order valence-corrected chi connectivity index (χ0v) is 16.7. The molecular formula is C19H26FN3O4S. The summed E-state index contributed by atoms with van der Waals surface area (Å²) >= 11 is 0. The molecule has 1 unspecified atom stereocenters. The molecule has 3 aliphatic rings. The van der Waals surface area contributed by atoms with E-state index in [1.165, 1.54) is 16.4 Å². The smallest absolute Gasteiger partial charge is 0.243 e.